The van der Waals surface area contributed by atoms with Crippen molar-refractivity contribution in [2.45, 2.75) is 25.3 Å². The maximum Gasteiger partial charge on any atom is 0.407 e. The van der Waals surface area contributed by atoms with Crippen LogP contribution in [-0.4, -0.2) is 42.3 Å². The molecule has 7 nitrogen and oxygen atoms in total. The van der Waals surface area contributed by atoms with Crippen molar-refractivity contribution in [2.24, 2.45) is 0 Å². The van der Waals surface area contributed by atoms with Crippen LogP contribution in [0.15, 0.2) is 48.5 Å². The molecule has 0 radical (unpaired) electrons. The number of amides is 2. The number of rotatable bonds is 7. The lowest BCUT2D eigenvalue weighted by Gasteiger charge is -2.17. The summed E-state index contributed by atoms with van der Waals surface area (Å²) in [5.74, 6) is -1.52. The van der Waals surface area contributed by atoms with Gasteiger partial charge in [-0.2, -0.15) is 0 Å². The second-order valence-electron chi connectivity index (χ2n) is 6.63. The molecule has 1 aliphatic rings. The first-order valence-corrected chi connectivity index (χ1v) is 9.08. The number of ether oxygens (including phenoxy) is 1. The Morgan fingerprint density at radius 2 is 1.61 bits per heavy atom. The Hall–Kier alpha value is -3.35. The van der Waals surface area contributed by atoms with Crippen molar-refractivity contribution in [1.82, 2.24) is 10.6 Å². The van der Waals surface area contributed by atoms with Crippen LogP contribution in [0.4, 0.5) is 4.79 Å². The van der Waals surface area contributed by atoms with Crippen LogP contribution in [0, 0.1) is 0 Å². The molecule has 0 aromatic heterocycles. The summed E-state index contributed by atoms with van der Waals surface area (Å²) < 4.78 is 5.38. The second kappa shape index (κ2) is 8.56. The highest BCUT2D eigenvalue weighted by Crippen LogP contribution is 2.44. The molecule has 2 amide bonds. The lowest BCUT2D eigenvalue weighted by Crippen LogP contribution is -2.45. The molecule has 2 aromatic rings. The van der Waals surface area contributed by atoms with Gasteiger partial charge >= 0.3 is 12.1 Å². The SMILES string of the molecule is CC(NC(=O)OCC1c2ccccc2-c2ccccc21)C(=O)NCCC(=O)O. The number of carboxylic acid groups (broad SMARTS) is 1. The molecule has 3 N–H and O–H groups in total. The smallest absolute Gasteiger partial charge is 0.407 e. The number of aliphatic carboxylic acids is 1. The number of fused-ring (bicyclic) bond motifs is 3. The Morgan fingerprint density at radius 3 is 2.18 bits per heavy atom. The van der Waals surface area contributed by atoms with Gasteiger partial charge in [0.25, 0.3) is 0 Å². The topological polar surface area (TPSA) is 105 Å². The van der Waals surface area contributed by atoms with Crippen LogP contribution in [-0.2, 0) is 14.3 Å². The molecule has 0 saturated carbocycles. The number of benzene rings is 2. The van der Waals surface area contributed by atoms with Gasteiger partial charge in [-0.15, -0.1) is 0 Å². The molecule has 28 heavy (non-hydrogen) atoms. The van der Waals surface area contributed by atoms with Crippen molar-refractivity contribution in [1.29, 1.82) is 0 Å². The summed E-state index contributed by atoms with van der Waals surface area (Å²) in [5.41, 5.74) is 4.49. The molecule has 3 rings (SSSR count). The summed E-state index contributed by atoms with van der Waals surface area (Å²) in [6.45, 7) is 1.68. The molecule has 0 spiro atoms. The first-order valence-electron chi connectivity index (χ1n) is 9.08. The fourth-order valence-corrected chi connectivity index (χ4v) is 3.33. The van der Waals surface area contributed by atoms with E-state index in [0.29, 0.717) is 0 Å². The Labute approximate surface area is 162 Å². The van der Waals surface area contributed by atoms with Crippen molar-refractivity contribution in [2.75, 3.05) is 13.2 Å². The van der Waals surface area contributed by atoms with Crippen molar-refractivity contribution < 1.29 is 24.2 Å². The highest BCUT2D eigenvalue weighted by molar-refractivity contribution is 5.85. The normalized spacial score (nSPS) is 13.2. The molecular formula is C21H22N2O5. The molecule has 0 bridgehead atoms. The first-order chi connectivity index (χ1) is 13.5. The predicted octanol–water partition coefficient (Wildman–Crippen LogP) is 2.50. The Morgan fingerprint density at radius 1 is 1.04 bits per heavy atom. The maximum atomic E-state index is 12.1. The molecule has 7 heteroatoms. The van der Waals surface area contributed by atoms with Crippen molar-refractivity contribution in [3.63, 3.8) is 0 Å². The van der Waals surface area contributed by atoms with Crippen LogP contribution in [0.2, 0.25) is 0 Å². The van der Waals surface area contributed by atoms with Gasteiger partial charge in [0.1, 0.15) is 12.6 Å². The lowest BCUT2D eigenvalue weighted by atomic mass is 9.98. The average molecular weight is 382 g/mol. The average Bonchev–Trinajstić information content (AvgIpc) is 3.00. The van der Waals surface area contributed by atoms with Gasteiger partial charge in [0.15, 0.2) is 0 Å². The number of carbonyl (C=O) groups is 3. The van der Waals surface area contributed by atoms with Gasteiger partial charge in [-0.05, 0) is 29.2 Å². The molecule has 0 heterocycles. The number of hydrogen-bond donors (Lipinski definition) is 3. The van der Waals surface area contributed by atoms with Crippen LogP contribution in [0.3, 0.4) is 0 Å². The summed E-state index contributed by atoms with van der Waals surface area (Å²) in [6.07, 6.45) is -0.869. The number of carboxylic acids is 1. The summed E-state index contributed by atoms with van der Waals surface area (Å²) >= 11 is 0. The number of hydrogen-bond acceptors (Lipinski definition) is 4. The van der Waals surface area contributed by atoms with Crippen molar-refractivity contribution in [3.05, 3.63) is 59.7 Å². The highest BCUT2D eigenvalue weighted by Gasteiger charge is 2.29. The van der Waals surface area contributed by atoms with E-state index in [-0.39, 0.29) is 25.5 Å². The summed E-state index contributed by atoms with van der Waals surface area (Å²) in [5, 5.41) is 13.5. The quantitative estimate of drug-likeness (QED) is 0.682. The van der Waals surface area contributed by atoms with Gasteiger partial charge in [-0.25, -0.2) is 4.79 Å². The third kappa shape index (κ3) is 4.31. The lowest BCUT2D eigenvalue weighted by molar-refractivity contribution is -0.137. The Bertz CT molecular complexity index is 850. The number of nitrogens with one attached hydrogen (secondary N) is 2. The molecule has 146 valence electrons. The van der Waals surface area contributed by atoms with Gasteiger partial charge in [-0.3, -0.25) is 9.59 Å². The standard InChI is InChI=1S/C21H22N2O5/c1-13(20(26)22-11-10-19(24)25)23-21(27)28-12-18-16-8-4-2-6-14(16)15-7-3-5-9-17(15)18/h2-9,13,18H,10-12H2,1H3,(H,22,26)(H,23,27)(H,24,25). The fraction of sp³-hybridized carbons (Fsp3) is 0.286. The van der Waals surface area contributed by atoms with Gasteiger partial charge in [0.05, 0.1) is 6.42 Å². The van der Waals surface area contributed by atoms with Crippen LogP contribution in [0.25, 0.3) is 11.1 Å². The molecule has 1 unspecified atom stereocenters. The number of alkyl carbamates (subject to hydrolysis) is 1. The van der Waals surface area contributed by atoms with E-state index in [4.69, 9.17) is 9.84 Å². The Kier molecular flexibility index (Phi) is 5.93. The summed E-state index contributed by atoms with van der Waals surface area (Å²) in [7, 11) is 0. The zero-order chi connectivity index (χ0) is 20.1. The summed E-state index contributed by atoms with van der Waals surface area (Å²) in [6, 6.07) is 15.2. The van der Waals surface area contributed by atoms with Crippen molar-refractivity contribution in [3.8, 4) is 11.1 Å². The highest BCUT2D eigenvalue weighted by atomic mass is 16.5. The van der Waals surface area contributed by atoms with Gasteiger partial charge in [0, 0.05) is 12.5 Å². The van der Waals surface area contributed by atoms with Gasteiger partial charge in [-0.1, -0.05) is 48.5 Å². The molecule has 1 atom stereocenters. The second-order valence-corrected chi connectivity index (χ2v) is 6.63. The van der Waals surface area contributed by atoms with E-state index in [0.717, 1.165) is 22.3 Å². The molecule has 1 aliphatic carbocycles. The minimum atomic E-state index is -1.00. The van der Waals surface area contributed by atoms with Gasteiger partial charge < -0.3 is 20.5 Å². The molecule has 0 saturated heterocycles. The molecule has 0 fully saturated rings. The van der Waals surface area contributed by atoms with E-state index in [2.05, 4.69) is 22.8 Å². The van der Waals surface area contributed by atoms with E-state index in [9.17, 15) is 14.4 Å². The van der Waals surface area contributed by atoms with Gasteiger partial charge in [0.2, 0.25) is 5.91 Å². The van der Waals surface area contributed by atoms with E-state index < -0.39 is 24.0 Å². The number of carbonyl (C=O) groups excluding carboxylic acids is 2. The third-order valence-electron chi connectivity index (χ3n) is 4.71. The van der Waals surface area contributed by atoms with E-state index in [1.54, 1.807) is 0 Å². The van der Waals surface area contributed by atoms with Crippen LogP contribution < -0.4 is 10.6 Å². The maximum absolute atomic E-state index is 12.1. The zero-order valence-corrected chi connectivity index (χ0v) is 15.5. The third-order valence-corrected chi connectivity index (χ3v) is 4.71. The first kappa shape index (κ1) is 19.4. The fourth-order valence-electron chi connectivity index (χ4n) is 3.33. The minimum absolute atomic E-state index is 0.00484. The predicted molar refractivity (Wildman–Crippen MR) is 103 cm³/mol. The van der Waals surface area contributed by atoms with Crippen molar-refractivity contribution >= 4 is 18.0 Å². The Balaban J connectivity index is 1.56. The zero-order valence-electron chi connectivity index (χ0n) is 15.5. The van der Waals surface area contributed by atoms with Crippen LogP contribution in [0.5, 0.6) is 0 Å². The minimum Gasteiger partial charge on any atom is -0.481 e. The molecule has 2 aromatic carbocycles. The summed E-state index contributed by atoms with van der Waals surface area (Å²) in [4.78, 5) is 34.5. The van der Waals surface area contributed by atoms with Crippen LogP contribution >= 0.6 is 0 Å². The molecule has 0 aliphatic heterocycles. The monoisotopic (exact) mass is 382 g/mol. The van der Waals surface area contributed by atoms with E-state index >= 15 is 0 Å². The largest absolute Gasteiger partial charge is 0.481 e. The molecular weight excluding hydrogens is 360 g/mol. The van der Waals surface area contributed by atoms with E-state index in [1.165, 1.54) is 6.92 Å². The van der Waals surface area contributed by atoms with E-state index in [1.807, 2.05) is 36.4 Å². The van der Waals surface area contributed by atoms with Crippen LogP contribution in [0.1, 0.15) is 30.4 Å².